The van der Waals surface area contributed by atoms with Crippen LogP contribution in [-0.2, 0) is 28.5 Å². The molecule has 0 rings (SSSR count). The first-order chi connectivity index (χ1) is 11.1. The number of rotatable bonds is 15. The topological polar surface area (TPSA) is 185 Å². The lowest BCUT2D eigenvalue weighted by Gasteiger charge is -2.34. The smallest absolute Gasteiger partial charge is 0.335 e. The van der Waals surface area contributed by atoms with Crippen LogP contribution in [-0.4, -0.2) is 102 Å². The van der Waals surface area contributed by atoms with Crippen molar-refractivity contribution < 1.29 is 59.1 Å². The third-order valence-electron chi connectivity index (χ3n) is 2.68. The summed E-state index contributed by atoms with van der Waals surface area (Å²) in [6.07, 6.45) is -5.92. The Morgan fingerprint density at radius 2 is 1.26 bits per heavy atom. The van der Waals surface area contributed by atoms with Gasteiger partial charge in [0.05, 0.1) is 6.61 Å². The Kier molecular flexibility index (Phi) is 13.0. The Labute approximate surface area is 131 Å². The lowest BCUT2D eigenvalue weighted by Crippen LogP contribution is -2.53. The van der Waals surface area contributed by atoms with E-state index in [4.69, 9.17) is 49.6 Å². The molecule has 0 aliphatic carbocycles. The highest BCUT2D eigenvalue weighted by molar-refractivity contribution is 5.73. The highest BCUT2D eigenvalue weighted by Crippen LogP contribution is 2.18. The molecule has 4 atom stereocenters. The molecular formula is C11H22O12. The van der Waals surface area contributed by atoms with Crippen LogP contribution in [0.25, 0.3) is 0 Å². The van der Waals surface area contributed by atoms with Crippen molar-refractivity contribution in [3.8, 4) is 0 Å². The average molecular weight is 346 g/mol. The molecule has 0 heterocycles. The molecule has 12 heteroatoms. The van der Waals surface area contributed by atoms with Crippen molar-refractivity contribution in [3.05, 3.63) is 0 Å². The Morgan fingerprint density at radius 1 is 0.739 bits per heavy atom. The van der Waals surface area contributed by atoms with Gasteiger partial charge in [-0.15, -0.1) is 0 Å². The van der Waals surface area contributed by atoms with Crippen molar-refractivity contribution >= 4 is 5.97 Å². The maximum atomic E-state index is 11.2. The zero-order valence-corrected chi connectivity index (χ0v) is 12.2. The highest BCUT2D eigenvalue weighted by Gasteiger charge is 2.41. The van der Waals surface area contributed by atoms with Crippen LogP contribution in [0, 0.1) is 0 Å². The second kappa shape index (κ2) is 13.5. The van der Waals surface area contributed by atoms with Crippen LogP contribution in [0.1, 0.15) is 0 Å². The molecule has 2 unspecified atom stereocenters. The van der Waals surface area contributed by atoms with E-state index in [2.05, 4.69) is 4.74 Å². The fourth-order valence-corrected chi connectivity index (χ4v) is 1.83. The molecule has 138 valence electrons. The zero-order valence-electron chi connectivity index (χ0n) is 12.2. The number of hydrogen-bond donors (Lipinski definition) is 6. The minimum Gasteiger partial charge on any atom is -0.479 e. The maximum Gasteiger partial charge on any atom is 0.335 e. The van der Waals surface area contributed by atoms with E-state index in [1.54, 1.807) is 0 Å². The molecule has 0 radical (unpaired) electrons. The van der Waals surface area contributed by atoms with E-state index < -0.39 is 64.3 Å². The summed E-state index contributed by atoms with van der Waals surface area (Å²) in [5, 5.41) is 53.3. The van der Waals surface area contributed by atoms with Gasteiger partial charge < -0.3 is 54.3 Å². The molecule has 0 aliphatic heterocycles. The van der Waals surface area contributed by atoms with Crippen LogP contribution in [0.5, 0.6) is 0 Å². The summed E-state index contributed by atoms with van der Waals surface area (Å²) in [6, 6.07) is 0. The molecule has 0 spiro atoms. The predicted octanol–water partition coefficient (Wildman–Crippen LogP) is -3.62. The molecule has 0 saturated carbocycles. The van der Waals surface area contributed by atoms with E-state index in [1.807, 2.05) is 0 Å². The second-order valence-electron chi connectivity index (χ2n) is 3.91. The van der Waals surface area contributed by atoms with Crippen LogP contribution in [0.2, 0.25) is 0 Å². The molecular weight excluding hydrogens is 324 g/mol. The second-order valence-corrected chi connectivity index (χ2v) is 3.91. The molecule has 0 aliphatic rings. The molecule has 0 bridgehead atoms. The van der Waals surface area contributed by atoms with Crippen LogP contribution < -0.4 is 0 Å². The Bertz CT molecular complexity index is 301. The quantitative estimate of drug-likeness (QED) is 0.160. The first-order valence-electron chi connectivity index (χ1n) is 6.38. The van der Waals surface area contributed by atoms with Crippen molar-refractivity contribution in [1.29, 1.82) is 0 Å². The summed E-state index contributed by atoms with van der Waals surface area (Å²) in [7, 11) is 0. The molecule has 23 heavy (non-hydrogen) atoms. The Hall–Kier alpha value is -0.930. The molecule has 0 aromatic heterocycles. The molecule has 12 nitrogen and oxygen atoms in total. The van der Waals surface area contributed by atoms with Gasteiger partial charge in [0.15, 0.2) is 6.10 Å². The monoisotopic (exact) mass is 346 g/mol. The third-order valence-corrected chi connectivity index (χ3v) is 2.68. The first-order valence-corrected chi connectivity index (χ1v) is 6.38. The first kappa shape index (κ1) is 22.1. The standard InChI is InChI=1S/C11H22O12/c12-2-19-1-7(20-3-13)8(21-4-14)9(22-5-15)10(11(17)18)23-6-16/h7-10,12-16H,1-6H2,(H,17,18)/t7?,8-,9+,10?/m1/s1. The normalized spacial score (nSPS) is 16.7. The molecule has 0 amide bonds. The predicted molar refractivity (Wildman–Crippen MR) is 68.5 cm³/mol. The average Bonchev–Trinajstić information content (AvgIpc) is 2.53. The minimum atomic E-state index is -1.79. The molecule has 0 aromatic carbocycles. The maximum absolute atomic E-state index is 11.2. The van der Waals surface area contributed by atoms with E-state index in [0.29, 0.717) is 0 Å². The lowest BCUT2D eigenvalue weighted by molar-refractivity contribution is -0.241. The van der Waals surface area contributed by atoms with E-state index in [9.17, 15) is 4.79 Å². The van der Waals surface area contributed by atoms with Gasteiger partial charge in [-0.3, -0.25) is 0 Å². The number of aliphatic hydroxyl groups excluding tert-OH is 5. The van der Waals surface area contributed by atoms with Gasteiger partial charge >= 0.3 is 5.97 Å². The van der Waals surface area contributed by atoms with Gasteiger partial charge in [0, 0.05) is 0 Å². The summed E-state index contributed by atoms with van der Waals surface area (Å²) in [5.41, 5.74) is 0. The molecule has 0 saturated heterocycles. The fraction of sp³-hybridized carbons (Fsp3) is 0.909. The van der Waals surface area contributed by atoms with E-state index in [1.165, 1.54) is 0 Å². The van der Waals surface area contributed by atoms with Gasteiger partial charge in [0.25, 0.3) is 0 Å². The van der Waals surface area contributed by atoms with Gasteiger partial charge in [0.2, 0.25) is 0 Å². The SMILES string of the molecule is O=C(O)C(OCO)[C@@H](OCO)[C@H](OCO)C(COCO)OCO. The van der Waals surface area contributed by atoms with Crippen molar-refractivity contribution in [2.75, 3.05) is 40.6 Å². The summed E-state index contributed by atoms with van der Waals surface area (Å²) in [4.78, 5) is 11.2. The highest BCUT2D eigenvalue weighted by atomic mass is 16.7. The van der Waals surface area contributed by atoms with Gasteiger partial charge in [-0.05, 0) is 0 Å². The molecule has 6 N–H and O–H groups in total. The summed E-state index contributed by atoms with van der Waals surface area (Å²) in [5.74, 6) is -1.55. The van der Waals surface area contributed by atoms with Crippen molar-refractivity contribution in [1.82, 2.24) is 0 Å². The van der Waals surface area contributed by atoms with E-state index in [0.717, 1.165) is 0 Å². The molecule has 0 aromatic rings. The van der Waals surface area contributed by atoms with Crippen molar-refractivity contribution in [2.24, 2.45) is 0 Å². The summed E-state index contributed by atoms with van der Waals surface area (Å²) >= 11 is 0. The van der Waals surface area contributed by atoms with Crippen LogP contribution in [0.4, 0.5) is 0 Å². The number of carbonyl (C=O) groups is 1. The number of hydrogen-bond acceptors (Lipinski definition) is 11. The largest absolute Gasteiger partial charge is 0.479 e. The fourth-order valence-electron chi connectivity index (χ4n) is 1.83. The molecule has 0 fully saturated rings. The zero-order chi connectivity index (χ0) is 17.7. The van der Waals surface area contributed by atoms with E-state index in [-0.39, 0.29) is 6.61 Å². The summed E-state index contributed by atoms with van der Waals surface area (Å²) < 4.78 is 24.0. The number of aliphatic hydroxyl groups is 5. The Balaban J connectivity index is 5.40. The van der Waals surface area contributed by atoms with E-state index >= 15 is 0 Å². The van der Waals surface area contributed by atoms with Crippen LogP contribution in [0.15, 0.2) is 0 Å². The van der Waals surface area contributed by atoms with Crippen molar-refractivity contribution in [2.45, 2.75) is 24.4 Å². The number of carboxylic acids is 1. The minimum absolute atomic E-state index is 0.363. The van der Waals surface area contributed by atoms with Crippen LogP contribution >= 0.6 is 0 Å². The summed E-state index contributed by atoms with van der Waals surface area (Å²) in [6.45, 7) is -4.65. The number of aliphatic carboxylic acids is 1. The van der Waals surface area contributed by atoms with Gasteiger partial charge in [-0.25, -0.2) is 4.79 Å². The third kappa shape index (κ3) is 7.94. The van der Waals surface area contributed by atoms with Gasteiger partial charge in [-0.1, -0.05) is 0 Å². The number of carboxylic acid groups (broad SMARTS) is 1. The van der Waals surface area contributed by atoms with Gasteiger partial charge in [-0.2, -0.15) is 0 Å². The van der Waals surface area contributed by atoms with Gasteiger partial charge in [0.1, 0.15) is 52.3 Å². The lowest BCUT2D eigenvalue weighted by atomic mass is 10.0. The Morgan fingerprint density at radius 3 is 1.70 bits per heavy atom. The van der Waals surface area contributed by atoms with Crippen LogP contribution in [0.3, 0.4) is 0 Å². The van der Waals surface area contributed by atoms with Crippen molar-refractivity contribution in [3.63, 3.8) is 0 Å². The number of ether oxygens (including phenoxy) is 5.